The Balaban J connectivity index is 2.08. The average molecular weight is 251 g/mol. The van der Waals surface area contributed by atoms with Crippen LogP contribution < -0.4 is 10.1 Å². The molecule has 8 nitrogen and oxygen atoms in total. The molecule has 2 aromatic rings. The van der Waals surface area contributed by atoms with Crippen molar-refractivity contribution in [3.8, 4) is 17.4 Å². The number of rotatable bonds is 6. The van der Waals surface area contributed by atoms with Gasteiger partial charge in [-0.2, -0.15) is 4.98 Å². The predicted octanol–water partition coefficient (Wildman–Crippen LogP) is 0.593. The number of nitrogens with zero attached hydrogens (tertiary/aromatic N) is 4. The molecule has 8 heteroatoms. The monoisotopic (exact) mass is 251 g/mol. The molecule has 0 aliphatic rings. The first-order chi connectivity index (χ1) is 8.83. The summed E-state index contributed by atoms with van der Waals surface area (Å²) in [6.45, 7) is 1.14. The van der Waals surface area contributed by atoms with Crippen LogP contribution in [0.5, 0.6) is 5.88 Å². The summed E-state index contributed by atoms with van der Waals surface area (Å²) in [5.41, 5.74) is 0.533. The van der Waals surface area contributed by atoms with Gasteiger partial charge in [0.2, 0.25) is 11.7 Å². The highest BCUT2D eigenvalue weighted by Crippen LogP contribution is 2.17. The normalized spacial score (nSPS) is 10.3. The van der Waals surface area contributed by atoms with Gasteiger partial charge in [-0.3, -0.25) is 0 Å². The Kier molecular flexibility index (Phi) is 4.02. The maximum atomic E-state index is 5.01. The van der Waals surface area contributed by atoms with Gasteiger partial charge in [0.25, 0.3) is 0 Å². The van der Waals surface area contributed by atoms with Crippen molar-refractivity contribution in [2.45, 2.75) is 0 Å². The van der Waals surface area contributed by atoms with Gasteiger partial charge >= 0.3 is 6.01 Å². The Hall–Kier alpha value is -2.22. The van der Waals surface area contributed by atoms with Crippen LogP contribution in [-0.2, 0) is 4.74 Å². The van der Waals surface area contributed by atoms with Crippen LogP contribution >= 0.6 is 0 Å². The minimum Gasteiger partial charge on any atom is -0.481 e. The van der Waals surface area contributed by atoms with Gasteiger partial charge in [-0.05, 0) is 0 Å². The third-order valence-corrected chi connectivity index (χ3v) is 2.09. The first-order valence-electron chi connectivity index (χ1n) is 5.26. The minimum absolute atomic E-state index is 0.319. The highest BCUT2D eigenvalue weighted by atomic mass is 16.5. The average Bonchev–Trinajstić information content (AvgIpc) is 2.88. The van der Waals surface area contributed by atoms with Gasteiger partial charge in [-0.15, -0.1) is 0 Å². The lowest BCUT2D eigenvalue weighted by molar-refractivity contribution is 0.210. The van der Waals surface area contributed by atoms with Gasteiger partial charge in [-0.25, -0.2) is 9.97 Å². The Bertz CT molecular complexity index is 502. The second kappa shape index (κ2) is 5.92. The zero-order valence-corrected chi connectivity index (χ0v) is 10.1. The van der Waals surface area contributed by atoms with Crippen LogP contribution in [0.15, 0.2) is 16.9 Å². The summed E-state index contributed by atoms with van der Waals surface area (Å²) in [5, 5.41) is 6.73. The molecule has 0 atom stereocenters. The molecule has 0 radical (unpaired) electrons. The van der Waals surface area contributed by atoms with Crippen LogP contribution in [0.3, 0.4) is 0 Å². The highest BCUT2D eigenvalue weighted by Gasteiger charge is 2.10. The van der Waals surface area contributed by atoms with Gasteiger partial charge in [0.05, 0.1) is 13.7 Å². The Morgan fingerprint density at radius 2 is 2.22 bits per heavy atom. The molecule has 0 aliphatic carbocycles. The quantitative estimate of drug-likeness (QED) is 0.745. The molecular weight excluding hydrogens is 238 g/mol. The largest absolute Gasteiger partial charge is 0.481 e. The lowest BCUT2D eigenvalue weighted by atomic mass is 10.4. The van der Waals surface area contributed by atoms with E-state index in [9.17, 15) is 0 Å². The van der Waals surface area contributed by atoms with Crippen LogP contribution in [0, 0.1) is 0 Å². The van der Waals surface area contributed by atoms with Crippen molar-refractivity contribution in [1.82, 2.24) is 20.1 Å². The van der Waals surface area contributed by atoms with Crippen molar-refractivity contribution in [3.05, 3.63) is 12.4 Å². The van der Waals surface area contributed by atoms with Crippen LogP contribution in [0.25, 0.3) is 11.5 Å². The van der Waals surface area contributed by atoms with Gasteiger partial charge < -0.3 is 19.3 Å². The fraction of sp³-hybridized carbons (Fsp3) is 0.400. The summed E-state index contributed by atoms with van der Waals surface area (Å²) in [7, 11) is 3.15. The van der Waals surface area contributed by atoms with Gasteiger partial charge in [0.1, 0.15) is 12.0 Å². The molecule has 0 bridgehead atoms. The van der Waals surface area contributed by atoms with Crippen LogP contribution in [-0.4, -0.2) is 47.5 Å². The summed E-state index contributed by atoms with van der Waals surface area (Å²) in [5.74, 6) is 0.814. The molecule has 2 aromatic heterocycles. The first kappa shape index (κ1) is 12.2. The van der Waals surface area contributed by atoms with Crippen molar-refractivity contribution >= 4 is 6.01 Å². The number of nitrogens with one attached hydrogen (secondary N) is 1. The van der Waals surface area contributed by atoms with Gasteiger partial charge in [-0.1, -0.05) is 5.16 Å². The van der Waals surface area contributed by atoms with E-state index < -0.39 is 0 Å². The molecule has 0 saturated carbocycles. The van der Waals surface area contributed by atoms with Crippen molar-refractivity contribution < 1.29 is 14.0 Å². The molecule has 1 N–H and O–H groups in total. The van der Waals surface area contributed by atoms with E-state index in [-0.39, 0.29) is 0 Å². The Morgan fingerprint density at radius 1 is 1.33 bits per heavy atom. The summed E-state index contributed by atoms with van der Waals surface area (Å²) < 4.78 is 14.9. The molecule has 0 saturated heterocycles. The first-order valence-corrected chi connectivity index (χ1v) is 5.26. The van der Waals surface area contributed by atoms with E-state index in [2.05, 4.69) is 25.4 Å². The minimum atomic E-state index is 0.319. The smallest absolute Gasteiger partial charge is 0.321 e. The molecule has 0 aliphatic heterocycles. The fourth-order valence-electron chi connectivity index (χ4n) is 1.23. The molecule has 0 fully saturated rings. The SMILES string of the molecule is COCCNc1nc(-c2cc(OC)ncn2)no1. The zero-order chi connectivity index (χ0) is 12.8. The van der Waals surface area contributed by atoms with Crippen molar-refractivity contribution in [3.63, 3.8) is 0 Å². The second-order valence-electron chi connectivity index (χ2n) is 3.29. The van der Waals surface area contributed by atoms with E-state index in [0.717, 1.165) is 0 Å². The van der Waals surface area contributed by atoms with E-state index in [1.165, 1.54) is 13.4 Å². The molecular formula is C10H13N5O3. The summed E-state index contributed by atoms with van der Waals surface area (Å²) in [6, 6.07) is 1.95. The molecule has 2 heterocycles. The fourth-order valence-corrected chi connectivity index (χ4v) is 1.23. The Morgan fingerprint density at radius 3 is 3.00 bits per heavy atom. The zero-order valence-electron chi connectivity index (χ0n) is 10.1. The number of hydrogen-bond donors (Lipinski definition) is 1. The van der Waals surface area contributed by atoms with E-state index >= 15 is 0 Å². The summed E-state index contributed by atoms with van der Waals surface area (Å²) in [6.07, 6.45) is 1.38. The van der Waals surface area contributed by atoms with Crippen molar-refractivity contribution in [2.24, 2.45) is 0 Å². The van der Waals surface area contributed by atoms with Gasteiger partial charge in [0.15, 0.2) is 0 Å². The second-order valence-corrected chi connectivity index (χ2v) is 3.29. The highest BCUT2D eigenvalue weighted by molar-refractivity contribution is 5.50. The Labute approximate surface area is 103 Å². The maximum Gasteiger partial charge on any atom is 0.321 e. The van der Waals surface area contributed by atoms with Gasteiger partial charge in [0, 0.05) is 19.7 Å². The lowest BCUT2D eigenvalue weighted by Gasteiger charge is -1.98. The standard InChI is InChI=1S/C10H13N5O3/c1-16-4-3-11-10-14-9(15-18-10)7-5-8(17-2)13-6-12-7/h5-6H,3-4H2,1-2H3,(H,11,14,15). The third-order valence-electron chi connectivity index (χ3n) is 2.09. The van der Waals surface area contributed by atoms with Crippen LogP contribution in [0.2, 0.25) is 0 Å². The molecule has 0 unspecified atom stereocenters. The number of hydrogen-bond acceptors (Lipinski definition) is 8. The number of anilines is 1. The predicted molar refractivity (Wildman–Crippen MR) is 62.2 cm³/mol. The van der Waals surface area contributed by atoms with Crippen molar-refractivity contribution in [2.75, 3.05) is 32.7 Å². The van der Waals surface area contributed by atoms with Crippen molar-refractivity contribution in [1.29, 1.82) is 0 Å². The molecule has 0 spiro atoms. The third kappa shape index (κ3) is 2.92. The van der Waals surface area contributed by atoms with E-state index in [1.54, 1.807) is 13.2 Å². The molecule has 2 rings (SSSR count). The van der Waals surface area contributed by atoms with E-state index in [0.29, 0.717) is 36.6 Å². The summed E-state index contributed by atoms with van der Waals surface area (Å²) in [4.78, 5) is 12.1. The number of ether oxygens (including phenoxy) is 2. The molecule has 96 valence electrons. The van der Waals surface area contributed by atoms with E-state index in [4.69, 9.17) is 14.0 Å². The molecule has 18 heavy (non-hydrogen) atoms. The van der Waals surface area contributed by atoms with Crippen LogP contribution in [0.4, 0.5) is 6.01 Å². The summed E-state index contributed by atoms with van der Waals surface area (Å²) >= 11 is 0. The number of methoxy groups -OCH3 is 2. The molecule has 0 amide bonds. The number of aromatic nitrogens is 4. The maximum absolute atomic E-state index is 5.01. The molecule has 0 aromatic carbocycles. The van der Waals surface area contributed by atoms with Crippen LogP contribution in [0.1, 0.15) is 0 Å². The topological polar surface area (TPSA) is 95.2 Å². The lowest BCUT2D eigenvalue weighted by Crippen LogP contribution is -2.07. The van der Waals surface area contributed by atoms with E-state index in [1.807, 2.05) is 0 Å².